The maximum atomic E-state index is 10.8. The van der Waals surface area contributed by atoms with Crippen molar-refractivity contribution in [1.29, 1.82) is 0 Å². The summed E-state index contributed by atoms with van der Waals surface area (Å²) in [4.78, 5) is 0. The van der Waals surface area contributed by atoms with Gasteiger partial charge in [0.05, 0.1) is 5.25 Å². The van der Waals surface area contributed by atoms with Crippen LogP contribution in [0, 0.1) is 0 Å². The molecule has 6 heteroatoms. The molecule has 0 heterocycles. The highest BCUT2D eigenvalue weighted by atomic mass is 35.5. The van der Waals surface area contributed by atoms with E-state index < -0.39 is 15.3 Å². The van der Waals surface area contributed by atoms with Gasteiger partial charge in [0.25, 0.3) is 0 Å². The minimum absolute atomic E-state index is 0.290. The lowest BCUT2D eigenvalue weighted by Gasteiger charge is -2.10. The summed E-state index contributed by atoms with van der Waals surface area (Å²) in [5.74, 6) is 0.579. The molecule has 2 N–H and O–H groups in total. The monoisotopic (exact) mass is 219 g/mol. The first kappa shape index (κ1) is 11.5. The highest BCUT2D eigenvalue weighted by molar-refractivity contribution is 7.89. The molecule has 0 spiro atoms. The van der Waals surface area contributed by atoms with Gasteiger partial charge in [-0.25, -0.2) is 13.6 Å². The molecule has 11 heavy (non-hydrogen) atoms. The van der Waals surface area contributed by atoms with E-state index in [2.05, 4.69) is 0 Å². The Morgan fingerprint density at radius 3 is 1.73 bits per heavy atom. The molecule has 0 atom stereocenters. The zero-order valence-corrected chi connectivity index (χ0v) is 8.29. The van der Waals surface area contributed by atoms with Crippen molar-refractivity contribution in [3.05, 3.63) is 0 Å². The van der Waals surface area contributed by atoms with Gasteiger partial charge < -0.3 is 0 Å². The molecule has 0 amide bonds. The van der Waals surface area contributed by atoms with Crippen LogP contribution in [0.5, 0.6) is 0 Å². The summed E-state index contributed by atoms with van der Waals surface area (Å²) >= 11 is 10.7. The van der Waals surface area contributed by atoms with Crippen molar-refractivity contribution in [2.24, 2.45) is 5.14 Å². The van der Waals surface area contributed by atoms with Crippen LogP contribution in [0.1, 0.15) is 12.8 Å². The van der Waals surface area contributed by atoms with Crippen LogP contribution in [-0.2, 0) is 10.0 Å². The molecule has 0 aromatic carbocycles. The van der Waals surface area contributed by atoms with Crippen LogP contribution in [-0.4, -0.2) is 25.4 Å². The molecule has 0 saturated carbocycles. The molecular formula is C5H11Cl2NO2S. The van der Waals surface area contributed by atoms with Gasteiger partial charge in [0.2, 0.25) is 10.0 Å². The first-order valence-electron chi connectivity index (χ1n) is 3.16. The second kappa shape index (κ2) is 5.19. The quantitative estimate of drug-likeness (QED) is 0.699. The lowest BCUT2D eigenvalue weighted by atomic mass is 10.3. The third-order valence-corrected chi connectivity index (χ3v) is 3.16. The molecule has 0 aliphatic heterocycles. The number of hydrogen-bond donors (Lipinski definition) is 1. The Morgan fingerprint density at radius 1 is 1.18 bits per heavy atom. The van der Waals surface area contributed by atoms with E-state index in [4.69, 9.17) is 28.3 Å². The standard InChI is InChI=1S/C5H11Cl2NO2S/c6-3-1-5(2-4-7)11(8,9)10/h5H,1-4H2,(H2,8,9,10). The van der Waals surface area contributed by atoms with Crippen molar-refractivity contribution >= 4 is 33.2 Å². The summed E-state index contributed by atoms with van der Waals surface area (Å²) in [6.45, 7) is 0. The van der Waals surface area contributed by atoms with Crippen molar-refractivity contribution in [3.8, 4) is 0 Å². The predicted octanol–water partition coefficient (Wildman–Crippen LogP) is 0.901. The van der Waals surface area contributed by atoms with Gasteiger partial charge in [-0.3, -0.25) is 0 Å². The van der Waals surface area contributed by atoms with Gasteiger partial charge in [-0.05, 0) is 12.8 Å². The van der Waals surface area contributed by atoms with Crippen LogP contribution >= 0.6 is 23.2 Å². The molecule has 0 bridgehead atoms. The summed E-state index contributed by atoms with van der Waals surface area (Å²) in [5, 5.41) is 4.32. The Kier molecular flexibility index (Phi) is 5.42. The number of rotatable bonds is 5. The second-order valence-electron chi connectivity index (χ2n) is 2.17. The van der Waals surface area contributed by atoms with Crippen molar-refractivity contribution in [2.75, 3.05) is 11.8 Å². The lowest BCUT2D eigenvalue weighted by molar-refractivity contribution is 0.574. The van der Waals surface area contributed by atoms with E-state index in [1.165, 1.54) is 0 Å². The lowest BCUT2D eigenvalue weighted by Crippen LogP contribution is -2.29. The summed E-state index contributed by atoms with van der Waals surface area (Å²) in [5.41, 5.74) is 0. The van der Waals surface area contributed by atoms with E-state index in [1.54, 1.807) is 0 Å². The summed E-state index contributed by atoms with van der Waals surface area (Å²) in [7, 11) is -3.46. The van der Waals surface area contributed by atoms with Gasteiger partial charge in [-0.1, -0.05) is 0 Å². The zero-order valence-electron chi connectivity index (χ0n) is 5.96. The molecule has 0 aromatic heterocycles. The molecule has 0 aliphatic rings. The van der Waals surface area contributed by atoms with Gasteiger partial charge in [0.15, 0.2) is 0 Å². The molecule has 0 radical (unpaired) electrons. The topological polar surface area (TPSA) is 60.2 Å². The van der Waals surface area contributed by atoms with E-state index in [-0.39, 0.29) is 11.8 Å². The fourth-order valence-electron chi connectivity index (χ4n) is 0.716. The second-order valence-corrected chi connectivity index (χ2v) is 4.77. The van der Waals surface area contributed by atoms with Crippen LogP contribution in [0.2, 0.25) is 0 Å². The van der Waals surface area contributed by atoms with E-state index in [1.807, 2.05) is 0 Å². The van der Waals surface area contributed by atoms with Crippen LogP contribution in [0.15, 0.2) is 0 Å². The normalized spacial score (nSPS) is 12.4. The molecule has 3 nitrogen and oxygen atoms in total. The third-order valence-electron chi connectivity index (χ3n) is 1.33. The zero-order chi connectivity index (χ0) is 8.91. The molecule has 0 aliphatic carbocycles. The Balaban J connectivity index is 4.11. The average Bonchev–Trinajstić information content (AvgIpc) is 1.85. The number of halogens is 2. The van der Waals surface area contributed by atoms with E-state index in [9.17, 15) is 8.42 Å². The fraction of sp³-hybridized carbons (Fsp3) is 1.00. The van der Waals surface area contributed by atoms with Crippen molar-refractivity contribution < 1.29 is 8.42 Å². The van der Waals surface area contributed by atoms with Gasteiger partial charge in [0.1, 0.15) is 0 Å². The van der Waals surface area contributed by atoms with Crippen LogP contribution in [0.3, 0.4) is 0 Å². The van der Waals surface area contributed by atoms with Crippen molar-refractivity contribution in [3.63, 3.8) is 0 Å². The van der Waals surface area contributed by atoms with Gasteiger partial charge >= 0.3 is 0 Å². The maximum absolute atomic E-state index is 10.8. The molecule has 0 aromatic rings. The number of sulfonamides is 1. The maximum Gasteiger partial charge on any atom is 0.212 e. The minimum Gasteiger partial charge on any atom is -0.228 e. The third kappa shape index (κ3) is 4.85. The Bertz CT molecular complexity index is 187. The SMILES string of the molecule is NS(=O)(=O)C(CCCl)CCCl. The molecule has 0 rings (SSSR count). The van der Waals surface area contributed by atoms with Crippen molar-refractivity contribution in [2.45, 2.75) is 18.1 Å². The van der Waals surface area contributed by atoms with Gasteiger partial charge in [-0.2, -0.15) is 0 Å². The number of hydrogen-bond acceptors (Lipinski definition) is 2. The van der Waals surface area contributed by atoms with Crippen LogP contribution in [0.4, 0.5) is 0 Å². The number of nitrogens with two attached hydrogens (primary N) is 1. The number of primary sulfonamides is 1. The Labute approximate surface area is 76.9 Å². The smallest absolute Gasteiger partial charge is 0.212 e. The van der Waals surface area contributed by atoms with E-state index >= 15 is 0 Å². The van der Waals surface area contributed by atoms with Crippen LogP contribution in [0.25, 0.3) is 0 Å². The first-order valence-corrected chi connectivity index (χ1v) is 5.83. The van der Waals surface area contributed by atoms with Crippen LogP contribution < -0.4 is 5.14 Å². The predicted molar refractivity (Wildman–Crippen MR) is 47.6 cm³/mol. The highest BCUT2D eigenvalue weighted by Gasteiger charge is 2.19. The molecule has 0 fully saturated rings. The molecule has 0 unspecified atom stereocenters. The van der Waals surface area contributed by atoms with E-state index in [0.717, 1.165) is 0 Å². The average molecular weight is 220 g/mol. The highest BCUT2D eigenvalue weighted by Crippen LogP contribution is 2.09. The van der Waals surface area contributed by atoms with Crippen molar-refractivity contribution in [1.82, 2.24) is 0 Å². The Hall–Kier alpha value is 0.490. The fourth-order valence-corrected chi connectivity index (χ4v) is 2.39. The number of alkyl halides is 2. The van der Waals surface area contributed by atoms with Gasteiger partial charge in [-0.15, -0.1) is 23.2 Å². The minimum atomic E-state index is -3.46. The summed E-state index contributed by atoms with van der Waals surface area (Å²) < 4.78 is 21.5. The summed E-state index contributed by atoms with van der Waals surface area (Å²) in [6, 6.07) is 0. The molecular weight excluding hydrogens is 209 g/mol. The molecule has 68 valence electrons. The first-order chi connectivity index (χ1) is 5.02. The summed E-state index contributed by atoms with van der Waals surface area (Å²) in [6.07, 6.45) is 0.736. The Morgan fingerprint density at radius 2 is 1.55 bits per heavy atom. The van der Waals surface area contributed by atoms with E-state index in [0.29, 0.717) is 12.8 Å². The van der Waals surface area contributed by atoms with Gasteiger partial charge in [0, 0.05) is 11.8 Å². The largest absolute Gasteiger partial charge is 0.228 e. The molecule has 0 saturated heterocycles.